The Hall–Kier alpha value is -2.34. The van der Waals surface area contributed by atoms with E-state index in [1.165, 1.54) is 0 Å². The SMILES string of the molecule is CC(=O)N1c2ccc(-c3cccs3)cc2C(NC(=O)OC(C)C)CC1C. The van der Waals surface area contributed by atoms with Gasteiger partial charge in [-0.15, -0.1) is 11.3 Å². The third-order valence-corrected chi connectivity index (χ3v) is 5.38. The van der Waals surface area contributed by atoms with Gasteiger partial charge in [0.1, 0.15) is 0 Å². The molecule has 2 atom stereocenters. The second-order valence-electron chi connectivity index (χ2n) is 6.88. The highest BCUT2D eigenvalue weighted by Gasteiger charge is 2.33. The Balaban J connectivity index is 2.00. The first-order valence-electron chi connectivity index (χ1n) is 8.81. The van der Waals surface area contributed by atoms with Crippen molar-refractivity contribution in [3.05, 3.63) is 41.3 Å². The first-order chi connectivity index (χ1) is 12.4. The number of ether oxygens (including phenoxy) is 1. The van der Waals surface area contributed by atoms with Crippen molar-refractivity contribution in [1.29, 1.82) is 0 Å². The molecule has 1 aliphatic heterocycles. The van der Waals surface area contributed by atoms with Crippen molar-refractivity contribution in [3.8, 4) is 10.4 Å². The summed E-state index contributed by atoms with van der Waals surface area (Å²) in [6, 6.07) is 9.96. The van der Waals surface area contributed by atoms with Gasteiger partial charge in [0.15, 0.2) is 0 Å². The Bertz CT molecular complexity index is 801. The molecule has 0 aliphatic carbocycles. The summed E-state index contributed by atoms with van der Waals surface area (Å²) in [5.74, 6) is 0.00540. The standard InChI is InChI=1S/C20H24N2O3S/c1-12(2)25-20(24)21-17-10-13(3)22(14(4)23)18-8-7-15(11-16(17)18)19-6-5-9-26-19/h5-9,11-13,17H,10H2,1-4H3,(H,21,24). The smallest absolute Gasteiger partial charge is 0.407 e. The van der Waals surface area contributed by atoms with Gasteiger partial charge in [0.05, 0.1) is 12.1 Å². The second kappa shape index (κ2) is 7.50. The quantitative estimate of drug-likeness (QED) is 0.847. The highest BCUT2D eigenvalue weighted by molar-refractivity contribution is 7.13. The first kappa shape index (κ1) is 18.5. The number of rotatable bonds is 3. The summed E-state index contributed by atoms with van der Waals surface area (Å²) in [4.78, 5) is 27.3. The molecule has 1 aromatic carbocycles. The summed E-state index contributed by atoms with van der Waals surface area (Å²) in [6.45, 7) is 7.22. The Morgan fingerprint density at radius 2 is 2.08 bits per heavy atom. The molecule has 2 aromatic rings. The zero-order valence-corrected chi connectivity index (χ0v) is 16.3. The van der Waals surface area contributed by atoms with Crippen LogP contribution in [0.25, 0.3) is 10.4 Å². The molecule has 0 radical (unpaired) electrons. The van der Waals surface area contributed by atoms with E-state index in [-0.39, 0.29) is 24.1 Å². The van der Waals surface area contributed by atoms with Crippen molar-refractivity contribution in [3.63, 3.8) is 0 Å². The normalized spacial score (nSPS) is 19.2. The van der Waals surface area contributed by atoms with Crippen molar-refractivity contribution in [1.82, 2.24) is 5.32 Å². The number of nitrogens with zero attached hydrogens (tertiary/aromatic N) is 1. The van der Waals surface area contributed by atoms with Crippen LogP contribution >= 0.6 is 11.3 Å². The van der Waals surface area contributed by atoms with Crippen molar-refractivity contribution < 1.29 is 14.3 Å². The number of fused-ring (bicyclic) bond motifs is 1. The summed E-state index contributed by atoms with van der Waals surface area (Å²) in [5, 5.41) is 5.01. The maximum absolute atomic E-state index is 12.2. The number of nitrogens with one attached hydrogen (secondary N) is 1. The predicted molar refractivity (Wildman–Crippen MR) is 104 cm³/mol. The number of hydrogen-bond acceptors (Lipinski definition) is 4. The van der Waals surface area contributed by atoms with Gasteiger partial charge in [-0.25, -0.2) is 4.79 Å². The second-order valence-corrected chi connectivity index (χ2v) is 7.82. The number of benzene rings is 1. The van der Waals surface area contributed by atoms with Crippen LogP contribution in [0.5, 0.6) is 0 Å². The minimum absolute atomic E-state index is 0.00284. The molecule has 1 aromatic heterocycles. The van der Waals surface area contributed by atoms with Gasteiger partial charge >= 0.3 is 6.09 Å². The fourth-order valence-electron chi connectivity index (χ4n) is 3.47. The van der Waals surface area contributed by atoms with Crippen LogP contribution in [-0.4, -0.2) is 24.1 Å². The molecule has 6 heteroatoms. The highest BCUT2D eigenvalue weighted by atomic mass is 32.1. The van der Waals surface area contributed by atoms with E-state index in [9.17, 15) is 9.59 Å². The van der Waals surface area contributed by atoms with Gasteiger partial charge < -0.3 is 15.0 Å². The Labute approximate surface area is 158 Å². The van der Waals surface area contributed by atoms with E-state index in [4.69, 9.17) is 4.74 Å². The number of alkyl carbamates (subject to hydrolysis) is 1. The zero-order chi connectivity index (χ0) is 18.8. The lowest BCUT2D eigenvalue weighted by molar-refractivity contribution is -0.117. The van der Waals surface area contributed by atoms with Crippen LogP contribution < -0.4 is 10.2 Å². The van der Waals surface area contributed by atoms with Gasteiger partial charge in [-0.1, -0.05) is 12.1 Å². The molecule has 2 heterocycles. The molecule has 5 nitrogen and oxygen atoms in total. The lowest BCUT2D eigenvalue weighted by Crippen LogP contribution is -2.45. The maximum Gasteiger partial charge on any atom is 0.407 e. The molecule has 3 rings (SSSR count). The number of anilines is 1. The molecule has 2 amide bonds. The molecule has 2 unspecified atom stereocenters. The minimum Gasteiger partial charge on any atom is -0.447 e. The summed E-state index contributed by atoms with van der Waals surface area (Å²) < 4.78 is 5.25. The lowest BCUT2D eigenvalue weighted by Gasteiger charge is -2.39. The summed E-state index contributed by atoms with van der Waals surface area (Å²) in [6.07, 6.45) is 0.0378. The highest BCUT2D eigenvalue weighted by Crippen LogP contribution is 2.40. The number of hydrogen-bond donors (Lipinski definition) is 1. The molecule has 0 saturated heterocycles. The summed E-state index contributed by atoms with van der Waals surface area (Å²) >= 11 is 1.67. The largest absolute Gasteiger partial charge is 0.447 e. The van der Waals surface area contributed by atoms with E-state index in [1.807, 2.05) is 44.4 Å². The van der Waals surface area contributed by atoms with Gasteiger partial charge in [-0.05, 0) is 61.9 Å². The maximum atomic E-state index is 12.2. The molecule has 0 saturated carbocycles. The number of amides is 2. The summed E-state index contributed by atoms with van der Waals surface area (Å²) in [7, 11) is 0. The average Bonchev–Trinajstić information content (AvgIpc) is 3.07. The number of carbonyl (C=O) groups is 2. The fourth-order valence-corrected chi connectivity index (χ4v) is 4.19. The molecule has 138 valence electrons. The third kappa shape index (κ3) is 3.75. The van der Waals surface area contributed by atoms with E-state index in [2.05, 4.69) is 17.4 Å². The fraction of sp³-hybridized carbons (Fsp3) is 0.400. The van der Waals surface area contributed by atoms with E-state index in [0.29, 0.717) is 6.42 Å². The van der Waals surface area contributed by atoms with Crippen molar-refractivity contribution in [2.75, 3.05) is 4.90 Å². The monoisotopic (exact) mass is 372 g/mol. The van der Waals surface area contributed by atoms with Gasteiger partial charge in [0, 0.05) is 23.5 Å². The Morgan fingerprint density at radius 3 is 2.69 bits per heavy atom. The van der Waals surface area contributed by atoms with Crippen LogP contribution in [0.1, 0.15) is 45.7 Å². The molecule has 1 N–H and O–H groups in total. The van der Waals surface area contributed by atoms with E-state index in [0.717, 1.165) is 21.7 Å². The molecule has 0 spiro atoms. The van der Waals surface area contributed by atoms with Gasteiger partial charge in [0.25, 0.3) is 0 Å². The Morgan fingerprint density at radius 1 is 1.31 bits per heavy atom. The van der Waals surface area contributed by atoms with E-state index in [1.54, 1.807) is 23.2 Å². The molecule has 0 fully saturated rings. The van der Waals surface area contributed by atoms with Crippen molar-refractivity contribution >= 4 is 29.0 Å². The van der Waals surface area contributed by atoms with E-state index >= 15 is 0 Å². The number of thiophene rings is 1. The molecular weight excluding hydrogens is 348 g/mol. The van der Waals surface area contributed by atoms with Crippen molar-refractivity contribution in [2.45, 2.75) is 52.3 Å². The molecule has 1 aliphatic rings. The van der Waals surface area contributed by atoms with Gasteiger partial charge in [0.2, 0.25) is 5.91 Å². The summed E-state index contributed by atoms with van der Waals surface area (Å²) in [5.41, 5.74) is 2.89. The number of carbonyl (C=O) groups excluding carboxylic acids is 2. The van der Waals surface area contributed by atoms with Crippen LogP contribution in [0, 0.1) is 0 Å². The first-order valence-corrected chi connectivity index (χ1v) is 9.69. The topological polar surface area (TPSA) is 58.6 Å². The van der Waals surface area contributed by atoms with Crippen LogP contribution in [-0.2, 0) is 9.53 Å². The molecular formula is C20H24N2O3S. The van der Waals surface area contributed by atoms with Crippen LogP contribution in [0.3, 0.4) is 0 Å². The van der Waals surface area contributed by atoms with Crippen LogP contribution in [0.2, 0.25) is 0 Å². The van der Waals surface area contributed by atoms with E-state index < -0.39 is 6.09 Å². The van der Waals surface area contributed by atoms with Gasteiger partial charge in [-0.3, -0.25) is 4.79 Å². The zero-order valence-electron chi connectivity index (χ0n) is 15.5. The van der Waals surface area contributed by atoms with Crippen molar-refractivity contribution in [2.24, 2.45) is 0 Å². The molecule has 0 bridgehead atoms. The third-order valence-electron chi connectivity index (χ3n) is 4.46. The predicted octanol–water partition coefficient (Wildman–Crippen LogP) is 4.74. The average molecular weight is 372 g/mol. The Kier molecular flexibility index (Phi) is 5.32. The lowest BCUT2D eigenvalue weighted by atomic mass is 9.90. The van der Waals surface area contributed by atoms with Crippen LogP contribution in [0.15, 0.2) is 35.7 Å². The van der Waals surface area contributed by atoms with Gasteiger partial charge in [-0.2, -0.15) is 0 Å². The van der Waals surface area contributed by atoms with Crippen LogP contribution in [0.4, 0.5) is 10.5 Å². The minimum atomic E-state index is -0.430. The molecule has 26 heavy (non-hydrogen) atoms.